The standard InChI is InChI=1S/C22H25N5O3/c28-20-8-7-19(13-23-20)21(29)26-12-11-25(14-18-5-2-1-3-6-18)15-22(30,16-26)17-27-10-4-9-24-27/h1-10,13,30H,11-12,14-17H2,(H,23,28). The van der Waals surface area contributed by atoms with E-state index in [9.17, 15) is 14.7 Å². The second kappa shape index (κ2) is 8.64. The van der Waals surface area contributed by atoms with Crippen molar-refractivity contribution in [3.63, 3.8) is 0 Å². The number of aromatic nitrogens is 3. The fourth-order valence-corrected chi connectivity index (χ4v) is 3.91. The minimum Gasteiger partial charge on any atom is -0.385 e. The molecule has 1 atom stereocenters. The Labute approximate surface area is 174 Å². The number of rotatable bonds is 5. The molecular weight excluding hydrogens is 382 g/mol. The van der Waals surface area contributed by atoms with E-state index in [0.29, 0.717) is 31.7 Å². The first kappa shape index (κ1) is 20.1. The monoisotopic (exact) mass is 407 g/mol. The molecule has 1 aliphatic heterocycles. The predicted molar refractivity (Wildman–Crippen MR) is 112 cm³/mol. The highest BCUT2D eigenvalue weighted by molar-refractivity contribution is 5.94. The van der Waals surface area contributed by atoms with Gasteiger partial charge in [-0.25, -0.2) is 0 Å². The van der Waals surface area contributed by atoms with E-state index in [1.54, 1.807) is 22.0 Å². The first-order chi connectivity index (χ1) is 14.5. The number of nitrogens with one attached hydrogen (secondary N) is 1. The van der Waals surface area contributed by atoms with Crippen LogP contribution in [0.25, 0.3) is 0 Å². The molecule has 1 aliphatic rings. The van der Waals surface area contributed by atoms with Crippen LogP contribution in [0.2, 0.25) is 0 Å². The molecule has 8 heteroatoms. The van der Waals surface area contributed by atoms with Crippen LogP contribution in [0, 0.1) is 0 Å². The van der Waals surface area contributed by atoms with Gasteiger partial charge in [-0.2, -0.15) is 5.10 Å². The third kappa shape index (κ3) is 4.84. The van der Waals surface area contributed by atoms with Crippen molar-refractivity contribution in [2.45, 2.75) is 18.7 Å². The molecule has 156 valence electrons. The van der Waals surface area contributed by atoms with Gasteiger partial charge in [0.15, 0.2) is 0 Å². The molecule has 1 fully saturated rings. The van der Waals surface area contributed by atoms with Crippen LogP contribution in [-0.2, 0) is 13.1 Å². The molecule has 3 heterocycles. The van der Waals surface area contributed by atoms with Gasteiger partial charge in [0.25, 0.3) is 5.91 Å². The van der Waals surface area contributed by atoms with Crippen molar-refractivity contribution in [3.05, 3.63) is 88.6 Å². The Morgan fingerprint density at radius 2 is 1.93 bits per heavy atom. The van der Waals surface area contributed by atoms with Crippen molar-refractivity contribution < 1.29 is 9.90 Å². The molecule has 2 aromatic heterocycles. The van der Waals surface area contributed by atoms with Crippen LogP contribution >= 0.6 is 0 Å². The Morgan fingerprint density at radius 1 is 1.10 bits per heavy atom. The molecular formula is C22H25N5O3. The van der Waals surface area contributed by atoms with Crippen molar-refractivity contribution in [2.75, 3.05) is 26.2 Å². The summed E-state index contributed by atoms with van der Waals surface area (Å²) >= 11 is 0. The van der Waals surface area contributed by atoms with E-state index in [0.717, 1.165) is 5.56 Å². The van der Waals surface area contributed by atoms with Crippen LogP contribution < -0.4 is 5.56 Å². The van der Waals surface area contributed by atoms with Gasteiger partial charge in [0.1, 0.15) is 5.60 Å². The predicted octanol–water partition coefficient (Wildman–Crippen LogP) is 0.961. The molecule has 2 N–H and O–H groups in total. The Hall–Kier alpha value is -3.23. The quantitative estimate of drug-likeness (QED) is 0.657. The summed E-state index contributed by atoms with van der Waals surface area (Å²) in [6.45, 7) is 2.66. The molecule has 30 heavy (non-hydrogen) atoms. The topological polar surface area (TPSA) is 94.5 Å². The molecule has 0 radical (unpaired) electrons. The number of benzene rings is 1. The van der Waals surface area contributed by atoms with Crippen LogP contribution in [0.4, 0.5) is 0 Å². The van der Waals surface area contributed by atoms with Gasteiger partial charge in [0.2, 0.25) is 5.56 Å². The van der Waals surface area contributed by atoms with Crippen molar-refractivity contribution >= 4 is 5.91 Å². The summed E-state index contributed by atoms with van der Waals surface area (Å²) in [7, 11) is 0. The number of aromatic amines is 1. The van der Waals surface area contributed by atoms with Crippen LogP contribution in [0.5, 0.6) is 0 Å². The number of hydrogen-bond acceptors (Lipinski definition) is 5. The number of β-amino-alcohol motifs (C(OH)–C–C–N with tert-alkyl or cyclic N) is 1. The number of pyridine rings is 1. The number of hydrogen-bond donors (Lipinski definition) is 2. The lowest BCUT2D eigenvalue weighted by Crippen LogP contribution is -2.51. The smallest absolute Gasteiger partial charge is 0.255 e. The van der Waals surface area contributed by atoms with E-state index in [1.165, 1.54) is 18.3 Å². The number of carbonyl (C=O) groups is 1. The Kier molecular flexibility index (Phi) is 5.78. The minimum atomic E-state index is -1.17. The molecule has 4 rings (SSSR count). The fourth-order valence-electron chi connectivity index (χ4n) is 3.91. The maximum Gasteiger partial charge on any atom is 0.255 e. The third-order valence-corrected chi connectivity index (χ3v) is 5.27. The second-order valence-corrected chi connectivity index (χ2v) is 7.79. The van der Waals surface area contributed by atoms with E-state index < -0.39 is 5.60 Å². The molecule has 1 amide bonds. The zero-order valence-corrected chi connectivity index (χ0v) is 16.6. The number of amides is 1. The van der Waals surface area contributed by atoms with Gasteiger partial charge < -0.3 is 15.0 Å². The molecule has 0 spiro atoms. The lowest BCUT2D eigenvalue weighted by atomic mass is 10.0. The summed E-state index contributed by atoms with van der Waals surface area (Å²) in [6.07, 6.45) is 4.90. The normalized spacial score (nSPS) is 20.1. The number of H-pyrrole nitrogens is 1. The van der Waals surface area contributed by atoms with E-state index in [4.69, 9.17) is 0 Å². The Bertz CT molecular complexity index is 1010. The lowest BCUT2D eigenvalue weighted by Gasteiger charge is -2.33. The highest BCUT2D eigenvalue weighted by Crippen LogP contribution is 2.20. The zero-order chi connectivity index (χ0) is 21.0. The van der Waals surface area contributed by atoms with Crippen molar-refractivity contribution in [3.8, 4) is 0 Å². The fraction of sp³-hybridized carbons (Fsp3) is 0.318. The molecule has 0 bridgehead atoms. The summed E-state index contributed by atoms with van der Waals surface area (Å²) < 4.78 is 1.69. The van der Waals surface area contributed by atoms with Gasteiger partial charge in [-0.15, -0.1) is 0 Å². The summed E-state index contributed by atoms with van der Waals surface area (Å²) in [5, 5.41) is 15.8. The van der Waals surface area contributed by atoms with Crippen LogP contribution in [0.1, 0.15) is 15.9 Å². The first-order valence-corrected chi connectivity index (χ1v) is 9.95. The zero-order valence-electron chi connectivity index (χ0n) is 16.6. The molecule has 1 aromatic carbocycles. The maximum atomic E-state index is 13.1. The third-order valence-electron chi connectivity index (χ3n) is 5.27. The highest BCUT2D eigenvalue weighted by atomic mass is 16.3. The van der Waals surface area contributed by atoms with Gasteiger partial charge in [-0.3, -0.25) is 19.2 Å². The van der Waals surface area contributed by atoms with Crippen molar-refractivity contribution in [1.29, 1.82) is 0 Å². The minimum absolute atomic E-state index is 0.177. The lowest BCUT2D eigenvalue weighted by molar-refractivity contribution is -0.0184. The molecule has 0 aliphatic carbocycles. The van der Waals surface area contributed by atoms with Crippen LogP contribution in [-0.4, -0.2) is 67.4 Å². The number of carbonyl (C=O) groups excluding carboxylic acids is 1. The summed E-state index contributed by atoms with van der Waals surface area (Å²) in [5.41, 5.74) is 0.119. The van der Waals surface area contributed by atoms with Gasteiger partial charge in [-0.1, -0.05) is 30.3 Å². The number of nitrogens with zero attached hydrogens (tertiary/aromatic N) is 4. The van der Waals surface area contributed by atoms with Crippen molar-refractivity contribution in [2.24, 2.45) is 0 Å². The molecule has 0 saturated carbocycles. The molecule has 8 nitrogen and oxygen atoms in total. The van der Waals surface area contributed by atoms with E-state index in [-0.39, 0.29) is 24.6 Å². The molecule has 3 aromatic rings. The largest absolute Gasteiger partial charge is 0.385 e. The first-order valence-electron chi connectivity index (χ1n) is 9.95. The Balaban J connectivity index is 1.57. The number of aliphatic hydroxyl groups is 1. The summed E-state index contributed by atoms with van der Waals surface area (Å²) in [5.74, 6) is -0.216. The van der Waals surface area contributed by atoms with E-state index >= 15 is 0 Å². The molecule has 1 unspecified atom stereocenters. The highest BCUT2D eigenvalue weighted by Gasteiger charge is 2.37. The average Bonchev–Trinajstić information content (AvgIpc) is 3.18. The van der Waals surface area contributed by atoms with Gasteiger partial charge >= 0.3 is 0 Å². The van der Waals surface area contributed by atoms with E-state index in [1.807, 2.05) is 24.3 Å². The van der Waals surface area contributed by atoms with Crippen LogP contribution in [0.15, 0.2) is 71.9 Å². The van der Waals surface area contributed by atoms with Gasteiger partial charge in [-0.05, 0) is 17.7 Å². The Morgan fingerprint density at radius 3 is 2.63 bits per heavy atom. The van der Waals surface area contributed by atoms with Crippen LogP contribution in [0.3, 0.4) is 0 Å². The van der Waals surface area contributed by atoms with E-state index in [2.05, 4.69) is 27.1 Å². The van der Waals surface area contributed by atoms with Gasteiger partial charge in [0.05, 0.1) is 18.7 Å². The maximum absolute atomic E-state index is 13.1. The van der Waals surface area contributed by atoms with Crippen molar-refractivity contribution in [1.82, 2.24) is 24.6 Å². The second-order valence-electron chi connectivity index (χ2n) is 7.79. The average molecular weight is 407 g/mol. The summed E-state index contributed by atoms with van der Waals surface area (Å²) in [4.78, 5) is 30.8. The van der Waals surface area contributed by atoms with Gasteiger partial charge in [0, 0.05) is 50.8 Å². The molecule has 1 saturated heterocycles. The SMILES string of the molecule is O=C(c1ccc(=O)[nH]c1)N1CCN(Cc2ccccc2)CC(O)(Cn2cccn2)C1. The summed E-state index contributed by atoms with van der Waals surface area (Å²) in [6, 6.07) is 14.7.